The predicted molar refractivity (Wildman–Crippen MR) is 86.1 cm³/mol. The fourth-order valence-electron chi connectivity index (χ4n) is 2.96. The van der Waals surface area contributed by atoms with Gasteiger partial charge in [0.2, 0.25) is 6.29 Å². The number of ketones is 1. The molecule has 0 aliphatic rings. The number of hydrogen-bond donors (Lipinski definition) is 2. The molecule has 23 heavy (non-hydrogen) atoms. The summed E-state index contributed by atoms with van der Waals surface area (Å²) in [6.07, 6.45) is 2.35. The van der Waals surface area contributed by atoms with Gasteiger partial charge in [0.15, 0.2) is 11.9 Å². The van der Waals surface area contributed by atoms with Crippen LogP contribution in [0.15, 0.2) is 24.3 Å². The molecule has 0 saturated carbocycles. The van der Waals surface area contributed by atoms with E-state index < -0.39 is 23.3 Å². The lowest BCUT2D eigenvalue weighted by atomic mass is 9.68. The summed E-state index contributed by atoms with van der Waals surface area (Å²) in [5.41, 5.74) is -1.22. The molecule has 0 aliphatic heterocycles. The van der Waals surface area contributed by atoms with Crippen molar-refractivity contribution < 1.29 is 24.6 Å². The van der Waals surface area contributed by atoms with Crippen molar-refractivity contribution in [2.75, 3.05) is 0 Å². The van der Waals surface area contributed by atoms with Gasteiger partial charge < -0.3 is 10.2 Å². The summed E-state index contributed by atoms with van der Waals surface area (Å²) in [5.74, 6) is -1.92. The number of aliphatic hydroxyl groups is 1. The molecule has 0 amide bonds. The zero-order chi connectivity index (χ0) is 17.5. The fraction of sp³-hybridized carbons (Fsp3) is 0.500. The number of hydrogen-bond acceptors (Lipinski definition) is 4. The van der Waals surface area contributed by atoms with Crippen LogP contribution in [0, 0.1) is 5.41 Å². The number of carboxylic acid groups (broad SMARTS) is 1. The van der Waals surface area contributed by atoms with Crippen molar-refractivity contribution in [1.29, 1.82) is 0 Å². The van der Waals surface area contributed by atoms with Gasteiger partial charge in [0.05, 0.1) is 5.41 Å². The van der Waals surface area contributed by atoms with E-state index in [1.165, 1.54) is 12.1 Å². The first kappa shape index (κ1) is 19.0. The summed E-state index contributed by atoms with van der Waals surface area (Å²) in [6, 6.07) is 6.16. The second-order valence-electron chi connectivity index (χ2n) is 5.73. The van der Waals surface area contributed by atoms with Crippen LogP contribution >= 0.6 is 0 Å². The molecule has 1 aromatic carbocycles. The van der Waals surface area contributed by atoms with E-state index in [9.17, 15) is 24.6 Å². The lowest BCUT2D eigenvalue weighted by molar-refractivity contribution is -0.153. The zero-order valence-corrected chi connectivity index (χ0v) is 13.5. The molecule has 2 N–H and O–H groups in total. The molecule has 5 heteroatoms. The number of rotatable bonds is 10. The smallest absolute Gasteiger partial charge is 0.333 e. The monoisotopic (exact) mass is 319 g/mol. The summed E-state index contributed by atoms with van der Waals surface area (Å²) in [5, 5.41) is 19.6. The van der Waals surface area contributed by atoms with Gasteiger partial charge in [-0.15, -0.1) is 0 Å². The Hall–Kier alpha value is -2.01. The van der Waals surface area contributed by atoms with Gasteiger partial charge in [-0.1, -0.05) is 57.4 Å². The summed E-state index contributed by atoms with van der Waals surface area (Å²) in [4.78, 5) is 35.6. The third-order valence-electron chi connectivity index (χ3n) is 4.16. The maximum atomic E-state index is 13.1. The predicted octanol–water partition coefficient (Wildman–Crippen LogP) is 2.75. The lowest BCUT2D eigenvalue weighted by Crippen LogP contribution is -2.47. The molecule has 0 fully saturated rings. The molecular weight excluding hydrogens is 296 g/mol. The lowest BCUT2D eigenvalue weighted by Gasteiger charge is -2.35. The van der Waals surface area contributed by atoms with Gasteiger partial charge in [-0.25, -0.2) is 4.79 Å². The average Bonchev–Trinajstić information content (AvgIpc) is 2.57. The molecule has 2 atom stereocenters. The Labute approximate surface area is 136 Å². The first-order valence-corrected chi connectivity index (χ1v) is 7.87. The topological polar surface area (TPSA) is 91.7 Å². The Morgan fingerprint density at radius 1 is 1.17 bits per heavy atom. The highest BCUT2D eigenvalue weighted by Crippen LogP contribution is 2.39. The van der Waals surface area contributed by atoms with Crippen molar-refractivity contribution in [1.82, 2.24) is 0 Å². The fourth-order valence-corrected chi connectivity index (χ4v) is 2.96. The number of aliphatic hydroxyl groups excluding tert-OH is 1. The number of carbonyl (C=O) groups excluding carboxylic acids is 2. The molecule has 1 rings (SSSR count). The van der Waals surface area contributed by atoms with Gasteiger partial charge in [-0.2, -0.15) is 0 Å². The average molecular weight is 319 g/mol. The van der Waals surface area contributed by atoms with E-state index in [0.29, 0.717) is 12.8 Å². The van der Waals surface area contributed by atoms with E-state index in [4.69, 9.17) is 0 Å². The van der Waals surface area contributed by atoms with Gasteiger partial charge in [-0.05, 0) is 12.8 Å². The summed E-state index contributed by atoms with van der Waals surface area (Å²) in [7, 11) is 0. The Balaban J connectivity index is 3.43. The van der Waals surface area contributed by atoms with E-state index in [2.05, 4.69) is 0 Å². The second kappa shape index (κ2) is 8.58. The van der Waals surface area contributed by atoms with Gasteiger partial charge in [-0.3, -0.25) is 9.59 Å². The molecule has 0 aliphatic carbocycles. The van der Waals surface area contributed by atoms with E-state index in [1.54, 1.807) is 18.4 Å². The Kier molecular flexibility index (Phi) is 7.10. The van der Waals surface area contributed by atoms with Gasteiger partial charge in [0.1, 0.15) is 0 Å². The minimum absolute atomic E-state index is 0.0899. The van der Waals surface area contributed by atoms with Gasteiger partial charge in [0.25, 0.3) is 0 Å². The first-order chi connectivity index (χ1) is 10.9. The highest BCUT2D eigenvalue weighted by atomic mass is 16.4. The molecule has 0 bridgehead atoms. The molecule has 1 aromatic rings. The van der Waals surface area contributed by atoms with E-state index in [-0.39, 0.29) is 24.0 Å². The highest BCUT2D eigenvalue weighted by molar-refractivity contribution is 6.07. The zero-order valence-electron chi connectivity index (χ0n) is 13.5. The third-order valence-corrected chi connectivity index (χ3v) is 4.16. The van der Waals surface area contributed by atoms with E-state index in [1.807, 2.05) is 13.8 Å². The van der Waals surface area contributed by atoms with Crippen molar-refractivity contribution in [3.05, 3.63) is 35.4 Å². The van der Waals surface area contributed by atoms with Crippen LogP contribution in [0.5, 0.6) is 0 Å². The first-order valence-electron chi connectivity index (χ1n) is 7.87. The molecule has 2 unspecified atom stereocenters. The maximum Gasteiger partial charge on any atom is 0.333 e. The van der Waals surface area contributed by atoms with Gasteiger partial charge >= 0.3 is 5.97 Å². The van der Waals surface area contributed by atoms with Crippen LogP contribution in [0.25, 0.3) is 0 Å². The van der Waals surface area contributed by atoms with E-state index >= 15 is 0 Å². The van der Waals surface area contributed by atoms with E-state index in [0.717, 1.165) is 6.42 Å². The highest BCUT2D eigenvalue weighted by Gasteiger charge is 2.47. The molecule has 1 radical (unpaired) electrons. The minimum Gasteiger partial charge on any atom is -0.479 e. The molecular formula is C18H23O5. The largest absolute Gasteiger partial charge is 0.479 e. The summed E-state index contributed by atoms with van der Waals surface area (Å²) in [6.45, 7) is 3.77. The molecule has 0 saturated heterocycles. The van der Waals surface area contributed by atoms with Crippen molar-refractivity contribution in [3.63, 3.8) is 0 Å². The Morgan fingerprint density at radius 3 is 2.35 bits per heavy atom. The van der Waals surface area contributed by atoms with Crippen LogP contribution in [0.2, 0.25) is 0 Å². The SMILES string of the molecule is CCCCC(CCC)(C(=O)c1ccccc1[C]=O)C(O)C(=O)O. The number of unbranched alkanes of at least 4 members (excludes halogenated alkanes) is 1. The van der Waals surface area contributed by atoms with Crippen molar-refractivity contribution in [3.8, 4) is 0 Å². The van der Waals surface area contributed by atoms with Crippen molar-refractivity contribution >= 4 is 18.0 Å². The van der Waals surface area contributed by atoms with Crippen LogP contribution in [-0.2, 0) is 9.59 Å². The number of aliphatic carboxylic acids is 1. The number of carbonyl (C=O) groups is 2. The quantitative estimate of drug-likeness (QED) is 0.647. The summed E-state index contributed by atoms with van der Waals surface area (Å²) >= 11 is 0. The number of carboxylic acids is 1. The Morgan fingerprint density at radius 2 is 1.83 bits per heavy atom. The van der Waals surface area contributed by atoms with Gasteiger partial charge in [0, 0.05) is 11.1 Å². The standard InChI is InChI=1S/C18H23O5/c1-3-5-11-18(10-4-2,16(21)17(22)23)15(20)14-9-7-6-8-13(14)12-19/h6-9,16,21H,3-5,10-11H2,1-2H3,(H,22,23). The second-order valence-corrected chi connectivity index (χ2v) is 5.73. The number of benzene rings is 1. The third kappa shape index (κ3) is 4.05. The maximum absolute atomic E-state index is 13.1. The van der Waals surface area contributed by atoms with Crippen LogP contribution in [0.3, 0.4) is 0 Å². The normalized spacial score (nSPS) is 14.7. The van der Waals surface area contributed by atoms with Crippen LogP contribution in [0.1, 0.15) is 61.9 Å². The van der Waals surface area contributed by atoms with Crippen LogP contribution < -0.4 is 0 Å². The molecule has 0 aromatic heterocycles. The van der Waals surface area contributed by atoms with Crippen LogP contribution in [0.4, 0.5) is 0 Å². The summed E-state index contributed by atoms with van der Waals surface area (Å²) < 4.78 is 0. The molecule has 0 heterocycles. The minimum atomic E-state index is -1.80. The Bertz CT molecular complexity index is 566. The van der Waals surface area contributed by atoms with Crippen molar-refractivity contribution in [2.24, 2.45) is 5.41 Å². The molecule has 125 valence electrons. The molecule has 5 nitrogen and oxygen atoms in total. The number of Topliss-reactive ketones (excluding diaryl/α,β-unsaturated/α-hetero) is 1. The van der Waals surface area contributed by atoms with Crippen molar-refractivity contribution in [2.45, 2.75) is 52.1 Å². The van der Waals surface area contributed by atoms with Crippen LogP contribution in [-0.4, -0.2) is 34.4 Å². The molecule has 0 spiro atoms.